The smallest absolute Gasteiger partial charge is 0.338 e. The lowest BCUT2D eigenvalue weighted by Gasteiger charge is -2.14. The summed E-state index contributed by atoms with van der Waals surface area (Å²) >= 11 is 0. The van der Waals surface area contributed by atoms with Crippen LogP contribution in [-0.4, -0.2) is 16.1 Å². The van der Waals surface area contributed by atoms with Gasteiger partial charge in [0.2, 0.25) is 0 Å². The Labute approximate surface area is 132 Å². The van der Waals surface area contributed by atoms with Crippen molar-refractivity contribution in [2.75, 3.05) is 0 Å². The summed E-state index contributed by atoms with van der Waals surface area (Å²) in [6.07, 6.45) is 1.93. The monoisotopic (exact) mass is 307 g/mol. The summed E-state index contributed by atoms with van der Waals surface area (Å²) in [6, 6.07) is 13.5. The zero-order valence-electron chi connectivity index (χ0n) is 12.3. The highest BCUT2D eigenvalue weighted by atomic mass is 19.1. The molecular weight excluding hydrogens is 293 g/mol. The number of carbonyl (C=O) groups is 1. The van der Waals surface area contributed by atoms with E-state index in [1.54, 1.807) is 12.1 Å². The van der Waals surface area contributed by atoms with E-state index in [2.05, 4.69) is 4.98 Å². The van der Waals surface area contributed by atoms with Crippen LogP contribution in [0.5, 0.6) is 0 Å². The number of halogens is 1. The van der Waals surface area contributed by atoms with E-state index in [1.807, 2.05) is 24.3 Å². The molecule has 1 fully saturated rings. The van der Waals surface area contributed by atoms with Crippen molar-refractivity contribution in [2.24, 2.45) is 0 Å². The van der Waals surface area contributed by atoms with Gasteiger partial charge in [0.15, 0.2) is 0 Å². The molecule has 0 amide bonds. The maximum Gasteiger partial charge on any atom is 0.338 e. The van der Waals surface area contributed by atoms with E-state index in [1.165, 1.54) is 12.1 Å². The fraction of sp³-hybridized carbons (Fsp3) is 0.158. The van der Waals surface area contributed by atoms with Crippen molar-refractivity contribution in [3.63, 3.8) is 0 Å². The van der Waals surface area contributed by atoms with Gasteiger partial charge in [0, 0.05) is 16.9 Å². The molecule has 3 nitrogen and oxygen atoms in total. The van der Waals surface area contributed by atoms with Crippen molar-refractivity contribution in [1.29, 1.82) is 0 Å². The average Bonchev–Trinajstić information content (AvgIpc) is 3.38. The summed E-state index contributed by atoms with van der Waals surface area (Å²) in [5.41, 5.74) is 3.00. The minimum atomic E-state index is -0.982. The molecule has 2 aromatic carbocycles. The van der Waals surface area contributed by atoms with Crippen molar-refractivity contribution in [3.05, 3.63) is 65.6 Å². The molecule has 0 atom stereocenters. The highest BCUT2D eigenvalue weighted by molar-refractivity contribution is 6.07. The van der Waals surface area contributed by atoms with E-state index >= 15 is 0 Å². The van der Waals surface area contributed by atoms with Gasteiger partial charge in [0.05, 0.1) is 16.8 Å². The van der Waals surface area contributed by atoms with Crippen LogP contribution in [0.1, 0.15) is 34.8 Å². The number of nitrogens with zero attached hydrogens (tertiary/aromatic N) is 1. The molecule has 4 rings (SSSR count). The first kappa shape index (κ1) is 13.9. The van der Waals surface area contributed by atoms with Crippen LogP contribution >= 0.6 is 0 Å². The number of rotatable bonds is 3. The summed E-state index contributed by atoms with van der Waals surface area (Å²) in [7, 11) is 0. The van der Waals surface area contributed by atoms with Crippen molar-refractivity contribution in [2.45, 2.75) is 18.8 Å². The number of para-hydroxylation sites is 1. The third-order valence-electron chi connectivity index (χ3n) is 4.23. The highest BCUT2D eigenvalue weighted by Crippen LogP contribution is 2.44. The van der Waals surface area contributed by atoms with Gasteiger partial charge in [-0.3, -0.25) is 4.98 Å². The SMILES string of the molecule is O=C(O)c1c(C2CC2)nc2ccccc2c1-c1ccc(F)cc1. The number of carboxylic acid groups (broad SMARTS) is 1. The molecule has 0 bridgehead atoms. The lowest BCUT2D eigenvalue weighted by atomic mass is 9.93. The molecule has 114 valence electrons. The van der Waals surface area contributed by atoms with Crippen LogP contribution in [0, 0.1) is 5.82 Å². The number of benzene rings is 2. The van der Waals surface area contributed by atoms with E-state index in [0.29, 0.717) is 16.8 Å². The standard InChI is InChI=1S/C19H14FNO2/c20-13-9-7-11(8-10-13)16-14-3-1-2-4-15(14)21-18(12-5-6-12)17(16)19(22)23/h1-4,7-10,12H,5-6H2,(H,22,23). The van der Waals surface area contributed by atoms with Crippen LogP contribution in [0.2, 0.25) is 0 Å². The largest absolute Gasteiger partial charge is 0.478 e. The fourth-order valence-corrected chi connectivity index (χ4v) is 3.02. The molecule has 1 aliphatic rings. The van der Waals surface area contributed by atoms with Crippen molar-refractivity contribution in [3.8, 4) is 11.1 Å². The Bertz CT molecular complexity index is 915. The summed E-state index contributed by atoms with van der Waals surface area (Å²) in [4.78, 5) is 16.6. The number of pyridine rings is 1. The van der Waals surface area contributed by atoms with Crippen LogP contribution < -0.4 is 0 Å². The Morgan fingerprint density at radius 2 is 1.78 bits per heavy atom. The van der Waals surface area contributed by atoms with E-state index in [-0.39, 0.29) is 17.3 Å². The molecule has 0 saturated heterocycles. The third-order valence-corrected chi connectivity index (χ3v) is 4.23. The Hall–Kier alpha value is -2.75. The normalized spacial score (nSPS) is 14.1. The Morgan fingerprint density at radius 3 is 2.43 bits per heavy atom. The number of hydrogen-bond donors (Lipinski definition) is 1. The molecule has 23 heavy (non-hydrogen) atoms. The van der Waals surface area contributed by atoms with Gasteiger partial charge in [0.1, 0.15) is 5.82 Å². The Balaban J connectivity index is 2.11. The second-order valence-electron chi connectivity index (χ2n) is 5.85. The van der Waals surface area contributed by atoms with Crippen molar-refractivity contribution >= 4 is 16.9 Å². The Morgan fingerprint density at radius 1 is 1.09 bits per heavy atom. The topological polar surface area (TPSA) is 50.2 Å². The zero-order chi connectivity index (χ0) is 16.0. The predicted molar refractivity (Wildman–Crippen MR) is 86.1 cm³/mol. The molecule has 0 aliphatic heterocycles. The highest BCUT2D eigenvalue weighted by Gasteiger charge is 2.32. The predicted octanol–water partition coefficient (Wildman–Crippen LogP) is 4.62. The van der Waals surface area contributed by atoms with Gasteiger partial charge in [-0.15, -0.1) is 0 Å². The van der Waals surface area contributed by atoms with Gasteiger partial charge in [0.25, 0.3) is 0 Å². The van der Waals surface area contributed by atoms with Crippen LogP contribution in [0.3, 0.4) is 0 Å². The van der Waals surface area contributed by atoms with Gasteiger partial charge in [-0.25, -0.2) is 9.18 Å². The van der Waals surface area contributed by atoms with Crippen LogP contribution in [0.25, 0.3) is 22.0 Å². The second-order valence-corrected chi connectivity index (χ2v) is 5.85. The summed E-state index contributed by atoms with van der Waals surface area (Å²) in [6.45, 7) is 0. The quantitative estimate of drug-likeness (QED) is 0.768. The van der Waals surface area contributed by atoms with Gasteiger partial charge in [-0.05, 0) is 36.6 Å². The summed E-state index contributed by atoms with van der Waals surface area (Å²) < 4.78 is 13.3. The summed E-state index contributed by atoms with van der Waals surface area (Å²) in [5, 5.41) is 10.6. The van der Waals surface area contributed by atoms with Crippen molar-refractivity contribution < 1.29 is 14.3 Å². The van der Waals surface area contributed by atoms with Gasteiger partial charge >= 0.3 is 5.97 Å². The number of hydrogen-bond acceptors (Lipinski definition) is 2. The molecule has 1 N–H and O–H groups in total. The molecule has 1 aliphatic carbocycles. The second kappa shape index (κ2) is 5.16. The molecular formula is C19H14FNO2. The number of carboxylic acids is 1. The fourth-order valence-electron chi connectivity index (χ4n) is 3.02. The first-order valence-corrected chi connectivity index (χ1v) is 7.57. The average molecular weight is 307 g/mol. The number of aromatic nitrogens is 1. The van der Waals surface area contributed by atoms with E-state index in [4.69, 9.17) is 0 Å². The van der Waals surface area contributed by atoms with Gasteiger partial charge in [-0.1, -0.05) is 30.3 Å². The van der Waals surface area contributed by atoms with Gasteiger partial charge < -0.3 is 5.11 Å². The van der Waals surface area contributed by atoms with Crippen molar-refractivity contribution in [1.82, 2.24) is 4.98 Å². The number of fused-ring (bicyclic) bond motifs is 1. The first-order valence-electron chi connectivity index (χ1n) is 7.57. The molecule has 4 heteroatoms. The van der Waals surface area contributed by atoms with E-state index < -0.39 is 5.97 Å². The zero-order valence-corrected chi connectivity index (χ0v) is 12.3. The lowest BCUT2D eigenvalue weighted by Crippen LogP contribution is -2.08. The lowest BCUT2D eigenvalue weighted by molar-refractivity contribution is 0.0696. The third kappa shape index (κ3) is 2.36. The molecule has 0 unspecified atom stereocenters. The molecule has 0 spiro atoms. The molecule has 1 saturated carbocycles. The maximum atomic E-state index is 13.3. The summed E-state index contributed by atoms with van der Waals surface area (Å²) in [5.74, 6) is -1.11. The Kier molecular flexibility index (Phi) is 3.11. The van der Waals surface area contributed by atoms with Crippen LogP contribution in [-0.2, 0) is 0 Å². The number of aromatic carboxylic acids is 1. The minimum absolute atomic E-state index is 0.213. The molecule has 1 aromatic heterocycles. The first-order chi connectivity index (χ1) is 11.1. The maximum absolute atomic E-state index is 13.3. The molecule has 0 radical (unpaired) electrons. The molecule has 1 heterocycles. The van der Waals surface area contributed by atoms with Crippen LogP contribution in [0.4, 0.5) is 4.39 Å². The van der Waals surface area contributed by atoms with E-state index in [9.17, 15) is 14.3 Å². The minimum Gasteiger partial charge on any atom is -0.478 e. The van der Waals surface area contributed by atoms with E-state index in [0.717, 1.165) is 23.7 Å². The van der Waals surface area contributed by atoms with Gasteiger partial charge in [-0.2, -0.15) is 0 Å². The van der Waals surface area contributed by atoms with Crippen LogP contribution in [0.15, 0.2) is 48.5 Å². The molecule has 3 aromatic rings.